The third kappa shape index (κ3) is 4.81. The number of ether oxygens (including phenoxy) is 2. The SMILES string of the molecule is COCCCOC(=O)c1cc(S(=O)(=O)Cl)ccc1C. The molecular formula is C12H15ClO5S. The number of hydrogen-bond acceptors (Lipinski definition) is 5. The van der Waals surface area contributed by atoms with Crippen LogP contribution >= 0.6 is 10.7 Å². The minimum Gasteiger partial charge on any atom is -0.462 e. The standard InChI is InChI=1S/C12H15ClO5S/c1-9-4-5-10(19(13,15)16)8-11(9)12(14)18-7-3-6-17-2/h4-5,8H,3,6-7H2,1-2H3. The molecule has 0 N–H and O–H groups in total. The lowest BCUT2D eigenvalue weighted by atomic mass is 10.1. The molecule has 0 saturated carbocycles. The number of methoxy groups -OCH3 is 1. The zero-order valence-corrected chi connectivity index (χ0v) is 12.3. The largest absolute Gasteiger partial charge is 0.462 e. The van der Waals surface area contributed by atoms with E-state index in [4.69, 9.17) is 20.2 Å². The molecule has 5 nitrogen and oxygen atoms in total. The minimum absolute atomic E-state index is 0.122. The van der Waals surface area contributed by atoms with E-state index < -0.39 is 15.0 Å². The second-order valence-electron chi connectivity index (χ2n) is 3.90. The van der Waals surface area contributed by atoms with Crippen molar-refractivity contribution in [3.05, 3.63) is 29.3 Å². The first-order chi connectivity index (χ1) is 8.86. The lowest BCUT2D eigenvalue weighted by Gasteiger charge is -2.08. The molecule has 0 saturated heterocycles. The van der Waals surface area contributed by atoms with Crippen molar-refractivity contribution in [2.45, 2.75) is 18.2 Å². The summed E-state index contributed by atoms with van der Waals surface area (Å²) < 4.78 is 32.3. The first kappa shape index (κ1) is 15.9. The van der Waals surface area contributed by atoms with Crippen LogP contribution in [0.1, 0.15) is 22.3 Å². The van der Waals surface area contributed by atoms with Crippen LogP contribution in [0.15, 0.2) is 23.1 Å². The second kappa shape index (κ2) is 6.88. The molecule has 0 radical (unpaired) electrons. The molecule has 0 aromatic heterocycles. The average molecular weight is 307 g/mol. The van der Waals surface area contributed by atoms with Crippen molar-refractivity contribution in [3.8, 4) is 0 Å². The van der Waals surface area contributed by atoms with Crippen LogP contribution in [-0.4, -0.2) is 34.7 Å². The van der Waals surface area contributed by atoms with Crippen LogP contribution in [0.4, 0.5) is 0 Å². The van der Waals surface area contributed by atoms with Crippen molar-refractivity contribution < 1.29 is 22.7 Å². The molecule has 0 aliphatic heterocycles. The molecule has 0 amide bonds. The minimum atomic E-state index is -3.86. The number of benzene rings is 1. The molecule has 0 unspecified atom stereocenters. The number of esters is 1. The average Bonchev–Trinajstić information content (AvgIpc) is 2.33. The Hall–Kier alpha value is -1.11. The van der Waals surface area contributed by atoms with E-state index in [1.165, 1.54) is 18.2 Å². The van der Waals surface area contributed by atoms with Gasteiger partial charge in [0.2, 0.25) is 0 Å². The highest BCUT2D eigenvalue weighted by Crippen LogP contribution is 2.19. The fourth-order valence-corrected chi connectivity index (χ4v) is 2.20. The molecule has 106 valence electrons. The Kier molecular flexibility index (Phi) is 5.78. The number of rotatable bonds is 6. The van der Waals surface area contributed by atoms with Gasteiger partial charge in [0.25, 0.3) is 9.05 Å². The summed E-state index contributed by atoms with van der Waals surface area (Å²) in [5, 5.41) is 0. The van der Waals surface area contributed by atoms with Crippen molar-refractivity contribution in [1.82, 2.24) is 0 Å². The number of carbonyl (C=O) groups is 1. The van der Waals surface area contributed by atoms with Gasteiger partial charge in [0.1, 0.15) is 0 Å². The van der Waals surface area contributed by atoms with Gasteiger partial charge in [-0.25, -0.2) is 13.2 Å². The van der Waals surface area contributed by atoms with E-state index in [1.54, 1.807) is 14.0 Å². The van der Waals surface area contributed by atoms with Crippen molar-refractivity contribution in [2.24, 2.45) is 0 Å². The fraction of sp³-hybridized carbons (Fsp3) is 0.417. The highest BCUT2D eigenvalue weighted by atomic mass is 35.7. The highest BCUT2D eigenvalue weighted by molar-refractivity contribution is 8.13. The summed E-state index contributed by atoms with van der Waals surface area (Å²) in [6.07, 6.45) is 0.578. The molecule has 0 aliphatic carbocycles. The smallest absolute Gasteiger partial charge is 0.338 e. The molecule has 0 spiro atoms. The first-order valence-electron chi connectivity index (χ1n) is 5.57. The van der Waals surface area contributed by atoms with Gasteiger partial charge in [0.05, 0.1) is 17.1 Å². The van der Waals surface area contributed by atoms with Gasteiger partial charge in [0, 0.05) is 30.8 Å². The molecule has 1 aromatic rings. The van der Waals surface area contributed by atoms with Crippen LogP contribution in [0.3, 0.4) is 0 Å². The van der Waals surface area contributed by atoms with Gasteiger partial charge in [-0.15, -0.1) is 0 Å². The molecule has 1 rings (SSSR count). The summed E-state index contributed by atoms with van der Waals surface area (Å²) >= 11 is 0. The zero-order chi connectivity index (χ0) is 14.5. The van der Waals surface area contributed by atoms with E-state index in [0.717, 1.165) is 0 Å². The Morgan fingerprint density at radius 3 is 2.58 bits per heavy atom. The lowest BCUT2D eigenvalue weighted by molar-refractivity contribution is 0.0467. The van der Waals surface area contributed by atoms with Gasteiger partial charge in [-0.2, -0.15) is 0 Å². The van der Waals surface area contributed by atoms with E-state index in [0.29, 0.717) is 18.6 Å². The number of halogens is 1. The van der Waals surface area contributed by atoms with E-state index in [2.05, 4.69) is 0 Å². The molecule has 0 atom stereocenters. The Balaban J connectivity index is 2.84. The van der Waals surface area contributed by atoms with E-state index in [9.17, 15) is 13.2 Å². The van der Waals surface area contributed by atoms with E-state index in [-0.39, 0.29) is 17.1 Å². The summed E-state index contributed by atoms with van der Waals surface area (Å²) in [6, 6.07) is 4.08. The van der Waals surface area contributed by atoms with Crippen LogP contribution in [0.2, 0.25) is 0 Å². The summed E-state index contributed by atoms with van der Waals surface area (Å²) in [5.74, 6) is -0.573. The molecule has 1 aromatic carbocycles. The number of hydrogen-bond donors (Lipinski definition) is 0. The van der Waals surface area contributed by atoms with E-state index >= 15 is 0 Å². The second-order valence-corrected chi connectivity index (χ2v) is 6.46. The van der Waals surface area contributed by atoms with Gasteiger partial charge in [-0.05, 0) is 24.6 Å². The molecule has 7 heteroatoms. The van der Waals surface area contributed by atoms with E-state index in [1.807, 2.05) is 0 Å². The summed E-state index contributed by atoms with van der Waals surface area (Å²) in [5.41, 5.74) is 0.819. The van der Waals surface area contributed by atoms with Gasteiger partial charge in [-0.3, -0.25) is 0 Å². The normalized spacial score (nSPS) is 11.3. The summed E-state index contributed by atoms with van der Waals surface area (Å²) in [4.78, 5) is 11.7. The predicted molar refractivity (Wildman–Crippen MR) is 71.0 cm³/mol. The van der Waals surface area contributed by atoms with Crippen LogP contribution < -0.4 is 0 Å². The van der Waals surface area contributed by atoms with Crippen molar-refractivity contribution in [2.75, 3.05) is 20.3 Å². The third-order valence-electron chi connectivity index (χ3n) is 2.44. The van der Waals surface area contributed by atoms with Gasteiger partial charge < -0.3 is 9.47 Å². The van der Waals surface area contributed by atoms with Gasteiger partial charge in [-0.1, -0.05) is 6.07 Å². The molecule has 0 bridgehead atoms. The molecular weight excluding hydrogens is 292 g/mol. The topological polar surface area (TPSA) is 69.7 Å². The summed E-state index contributed by atoms with van der Waals surface area (Å²) in [6.45, 7) is 2.39. The van der Waals surface area contributed by atoms with Gasteiger partial charge in [0.15, 0.2) is 0 Å². The lowest BCUT2D eigenvalue weighted by Crippen LogP contribution is -2.10. The van der Waals surface area contributed by atoms with Crippen LogP contribution in [-0.2, 0) is 18.5 Å². The third-order valence-corrected chi connectivity index (χ3v) is 3.79. The van der Waals surface area contributed by atoms with Crippen LogP contribution in [0.25, 0.3) is 0 Å². The van der Waals surface area contributed by atoms with Crippen LogP contribution in [0.5, 0.6) is 0 Å². The molecule has 0 heterocycles. The molecule has 0 fully saturated rings. The Bertz CT molecular complexity index is 553. The van der Waals surface area contributed by atoms with Crippen molar-refractivity contribution >= 4 is 25.7 Å². The Labute approximate surface area is 116 Å². The van der Waals surface area contributed by atoms with Crippen LogP contribution in [0, 0.1) is 6.92 Å². The van der Waals surface area contributed by atoms with Gasteiger partial charge >= 0.3 is 5.97 Å². The van der Waals surface area contributed by atoms with Crippen molar-refractivity contribution in [3.63, 3.8) is 0 Å². The summed E-state index contributed by atoms with van der Waals surface area (Å²) in [7, 11) is 2.93. The van der Waals surface area contributed by atoms with Crippen molar-refractivity contribution in [1.29, 1.82) is 0 Å². The molecule has 19 heavy (non-hydrogen) atoms. The number of aryl methyl sites for hydroxylation is 1. The number of carbonyl (C=O) groups excluding carboxylic acids is 1. The zero-order valence-electron chi connectivity index (χ0n) is 10.7. The first-order valence-corrected chi connectivity index (χ1v) is 7.88. The Morgan fingerprint density at radius 1 is 1.32 bits per heavy atom. The maximum atomic E-state index is 11.8. The monoisotopic (exact) mass is 306 g/mol. The maximum absolute atomic E-state index is 11.8. The quantitative estimate of drug-likeness (QED) is 0.457. The Morgan fingerprint density at radius 2 is 2.00 bits per heavy atom. The maximum Gasteiger partial charge on any atom is 0.338 e. The predicted octanol–water partition coefficient (Wildman–Crippen LogP) is 2.12. The molecule has 0 aliphatic rings. The highest BCUT2D eigenvalue weighted by Gasteiger charge is 2.16. The fourth-order valence-electron chi connectivity index (χ4n) is 1.42.